The number of benzene rings is 3. The van der Waals surface area contributed by atoms with Gasteiger partial charge in [0.05, 0.1) is 37.4 Å². The van der Waals surface area contributed by atoms with E-state index in [4.69, 9.17) is 9.47 Å². The van der Waals surface area contributed by atoms with Gasteiger partial charge in [-0.25, -0.2) is 0 Å². The largest absolute Gasteiger partial charge is 0.465 e. The lowest BCUT2D eigenvalue weighted by molar-refractivity contribution is -0.145. The van der Waals surface area contributed by atoms with Crippen molar-refractivity contribution in [2.45, 2.75) is 38.5 Å². The van der Waals surface area contributed by atoms with Gasteiger partial charge in [-0.3, -0.25) is 19.2 Å². The van der Waals surface area contributed by atoms with Gasteiger partial charge in [0.2, 0.25) is 11.8 Å². The Balaban J connectivity index is 1.35. The molecule has 198 valence electrons. The van der Waals surface area contributed by atoms with Crippen molar-refractivity contribution in [3.8, 4) is 0 Å². The van der Waals surface area contributed by atoms with Gasteiger partial charge in [0, 0.05) is 25.7 Å². The highest BCUT2D eigenvalue weighted by Gasteiger charge is 2.13. The lowest BCUT2D eigenvalue weighted by Crippen LogP contribution is -2.18. The quantitative estimate of drug-likeness (QED) is 0.301. The van der Waals surface area contributed by atoms with E-state index in [1.54, 1.807) is 24.3 Å². The van der Waals surface area contributed by atoms with Gasteiger partial charge in [-0.1, -0.05) is 72.8 Å². The predicted octanol–water partition coefficient (Wildman–Crippen LogP) is 4.70. The van der Waals surface area contributed by atoms with E-state index in [9.17, 15) is 19.2 Å². The minimum absolute atomic E-state index is 0.0540. The molecule has 0 bridgehead atoms. The van der Waals surface area contributed by atoms with Crippen LogP contribution in [0, 0.1) is 0 Å². The van der Waals surface area contributed by atoms with Crippen molar-refractivity contribution >= 4 is 35.1 Å². The predicted molar refractivity (Wildman–Crippen MR) is 144 cm³/mol. The zero-order chi connectivity index (χ0) is 27.0. The fourth-order valence-electron chi connectivity index (χ4n) is 3.56. The summed E-state index contributed by atoms with van der Waals surface area (Å²) in [4.78, 5) is 48.7. The van der Waals surface area contributed by atoms with Gasteiger partial charge >= 0.3 is 11.9 Å². The van der Waals surface area contributed by atoms with E-state index in [1.807, 2.05) is 60.7 Å². The van der Waals surface area contributed by atoms with Crippen molar-refractivity contribution in [2.75, 3.05) is 23.8 Å². The first-order chi connectivity index (χ1) is 18.5. The van der Waals surface area contributed by atoms with E-state index >= 15 is 0 Å². The van der Waals surface area contributed by atoms with E-state index in [2.05, 4.69) is 10.6 Å². The van der Waals surface area contributed by atoms with Crippen molar-refractivity contribution in [3.63, 3.8) is 0 Å². The van der Waals surface area contributed by atoms with Crippen LogP contribution in [0.2, 0.25) is 0 Å². The molecule has 3 aromatic rings. The molecule has 8 nitrogen and oxygen atoms in total. The van der Waals surface area contributed by atoms with Crippen LogP contribution in [0.15, 0.2) is 84.9 Å². The number of para-hydroxylation sites is 2. The molecule has 38 heavy (non-hydrogen) atoms. The molecule has 2 N–H and O–H groups in total. The number of carbonyl (C=O) groups excluding carboxylic acids is 4. The summed E-state index contributed by atoms with van der Waals surface area (Å²) >= 11 is 0. The normalized spacial score (nSPS) is 10.3. The van der Waals surface area contributed by atoms with Crippen molar-refractivity contribution in [2.24, 2.45) is 0 Å². The number of anilines is 2. The van der Waals surface area contributed by atoms with Gasteiger partial charge < -0.3 is 20.1 Å². The highest BCUT2D eigenvalue weighted by Crippen LogP contribution is 2.21. The molecular weight excluding hydrogens is 484 g/mol. The minimum Gasteiger partial charge on any atom is -0.465 e. The highest BCUT2D eigenvalue weighted by atomic mass is 16.5. The van der Waals surface area contributed by atoms with E-state index < -0.39 is 11.9 Å². The summed E-state index contributed by atoms with van der Waals surface area (Å²) in [5.41, 5.74) is 2.93. The Morgan fingerprint density at radius 2 is 0.868 bits per heavy atom. The summed E-state index contributed by atoms with van der Waals surface area (Å²) in [6.07, 6.45) is 1.00. The van der Waals surface area contributed by atoms with Crippen LogP contribution in [0.25, 0.3) is 0 Å². The number of amides is 2. The number of esters is 2. The molecule has 2 amide bonds. The fraction of sp³-hybridized carbons (Fsp3) is 0.267. The number of ether oxygens (including phenoxy) is 2. The lowest BCUT2D eigenvalue weighted by atomic mass is 10.2. The Bertz CT molecular complexity index is 1100. The standard InChI is InChI=1S/C30H32N2O6/c33-27(15-17-29(35)37-21-19-23-9-3-1-4-10-23)31-25-13-7-8-14-26(25)32-28(34)16-18-30(36)38-22-20-24-11-5-2-6-12-24/h1-14H,15-22H2,(H,31,33)(H,32,34). The zero-order valence-corrected chi connectivity index (χ0v) is 21.2. The topological polar surface area (TPSA) is 111 Å². The number of rotatable bonds is 14. The maximum atomic E-state index is 12.4. The maximum Gasteiger partial charge on any atom is 0.306 e. The molecule has 0 unspecified atom stereocenters. The van der Waals surface area contributed by atoms with Crippen molar-refractivity contribution < 1.29 is 28.7 Å². The van der Waals surface area contributed by atoms with Crippen LogP contribution in [0.5, 0.6) is 0 Å². The second kappa shape index (κ2) is 15.6. The highest BCUT2D eigenvalue weighted by molar-refractivity contribution is 6.00. The van der Waals surface area contributed by atoms with Crippen molar-refractivity contribution in [3.05, 3.63) is 96.1 Å². The van der Waals surface area contributed by atoms with Crippen molar-refractivity contribution in [1.82, 2.24) is 0 Å². The monoisotopic (exact) mass is 516 g/mol. The maximum absolute atomic E-state index is 12.4. The van der Waals surface area contributed by atoms with Crippen LogP contribution in [-0.4, -0.2) is 37.0 Å². The summed E-state index contributed by atoms with van der Waals surface area (Å²) in [5, 5.41) is 5.42. The Morgan fingerprint density at radius 3 is 1.26 bits per heavy atom. The molecule has 0 saturated heterocycles. The van der Waals surface area contributed by atoms with Crippen LogP contribution < -0.4 is 10.6 Å². The third-order valence-corrected chi connectivity index (χ3v) is 5.58. The third kappa shape index (κ3) is 10.7. The average molecular weight is 517 g/mol. The summed E-state index contributed by atoms with van der Waals surface area (Å²) in [6.45, 7) is 0.500. The van der Waals surface area contributed by atoms with Crippen molar-refractivity contribution in [1.29, 1.82) is 0 Å². The van der Waals surface area contributed by atoms with E-state index in [-0.39, 0.29) is 50.7 Å². The zero-order valence-electron chi connectivity index (χ0n) is 21.2. The number of carbonyl (C=O) groups is 4. The smallest absolute Gasteiger partial charge is 0.306 e. The molecule has 0 saturated carbocycles. The molecule has 3 aromatic carbocycles. The summed E-state index contributed by atoms with van der Waals surface area (Å²) in [7, 11) is 0. The fourth-order valence-corrected chi connectivity index (χ4v) is 3.56. The van der Waals surface area contributed by atoms with Gasteiger partial charge in [-0.2, -0.15) is 0 Å². The van der Waals surface area contributed by atoms with Crippen LogP contribution >= 0.6 is 0 Å². The summed E-state index contributed by atoms with van der Waals surface area (Å²) < 4.78 is 10.4. The molecule has 0 fully saturated rings. The number of nitrogens with one attached hydrogen (secondary N) is 2. The average Bonchev–Trinajstić information content (AvgIpc) is 2.93. The lowest BCUT2D eigenvalue weighted by Gasteiger charge is -2.12. The Labute approximate surface area is 222 Å². The first-order valence-electron chi connectivity index (χ1n) is 12.6. The molecule has 0 aromatic heterocycles. The minimum atomic E-state index is -0.451. The molecule has 0 radical (unpaired) electrons. The molecule has 0 aliphatic carbocycles. The molecule has 8 heteroatoms. The molecule has 0 aliphatic heterocycles. The van der Waals surface area contributed by atoms with E-state index in [0.29, 0.717) is 24.2 Å². The van der Waals surface area contributed by atoms with Gasteiger partial charge in [0.1, 0.15) is 0 Å². The second-order valence-corrected chi connectivity index (χ2v) is 8.55. The summed E-state index contributed by atoms with van der Waals surface area (Å²) in [5.74, 6) is -1.66. The van der Waals surface area contributed by atoms with Crippen LogP contribution in [0.3, 0.4) is 0 Å². The Kier molecular flexibility index (Phi) is 11.5. The summed E-state index contributed by atoms with van der Waals surface area (Å²) in [6, 6.07) is 26.1. The SMILES string of the molecule is O=C(CCC(=O)OCCc1ccccc1)Nc1ccccc1NC(=O)CCC(=O)OCCc1ccccc1. The van der Waals surface area contributed by atoms with Crippen LogP contribution in [0.4, 0.5) is 11.4 Å². The second-order valence-electron chi connectivity index (χ2n) is 8.55. The third-order valence-electron chi connectivity index (χ3n) is 5.58. The first-order valence-corrected chi connectivity index (χ1v) is 12.6. The van der Waals surface area contributed by atoms with Crippen LogP contribution in [0.1, 0.15) is 36.8 Å². The van der Waals surface area contributed by atoms with E-state index in [1.165, 1.54) is 0 Å². The Hall–Kier alpha value is -4.46. The van der Waals surface area contributed by atoms with Gasteiger partial charge in [-0.15, -0.1) is 0 Å². The number of hydrogen-bond acceptors (Lipinski definition) is 6. The molecule has 0 heterocycles. The molecule has 0 aliphatic rings. The number of hydrogen-bond donors (Lipinski definition) is 2. The van der Waals surface area contributed by atoms with Crippen LogP contribution in [-0.2, 0) is 41.5 Å². The molecule has 3 rings (SSSR count). The Morgan fingerprint density at radius 1 is 0.500 bits per heavy atom. The molecule has 0 spiro atoms. The van der Waals surface area contributed by atoms with Gasteiger partial charge in [-0.05, 0) is 23.3 Å². The molecule has 0 atom stereocenters. The van der Waals surface area contributed by atoms with Gasteiger partial charge in [0.15, 0.2) is 0 Å². The molecular formula is C30H32N2O6. The van der Waals surface area contributed by atoms with Gasteiger partial charge in [0.25, 0.3) is 0 Å². The van der Waals surface area contributed by atoms with E-state index in [0.717, 1.165) is 11.1 Å². The first kappa shape index (κ1) is 28.1.